The zero-order valence-electron chi connectivity index (χ0n) is 27.1. The van der Waals surface area contributed by atoms with E-state index in [9.17, 15) is 14.7 Å². The van der Waals surface area contributed by atoms with Gasteiger partial charge in [0.1, 0.15) is 12.1 Å². The van der Waals surface area contributed by atoms with Crippen LogP contribution >= 0.6 is 11.3 Å². The van der Waals surface area contributed by atoms with Crippen molar-refractivity contribution in [2.75, 3.05) is 24.6 Å². The summed E-state index contributed by atoms with van der Waals surface area (Å²) in [6, 6.07) is 10.1. The van der Waals surface area contributed by atoms with E-state index in [4.69, 9.17) is 4.74 Å². The van der Waals surface area contributed by atoms with Gasteiger partial charge in [-0.25, -0.2) is 9.97 Å². The van der Waals surface area contributed by atoms with Gasteiger partial charge in [-0.1, -0.05) is 77.8 Å². The summed E-state index contributed by atoms with van der Waals surface area (Å²) in [7, 11) is 0. The minimum Gasteiger partial charge on any atom is -0.480 e. The van der Waals surface area contributed by atoms with Crippen LogP contribution in [0.1, 0.15) is 75.6 Å². The molecule has 3 heterocycles. The maximum Gasteiger partial charge on any atom is 0.325 e. The topological polar surface area (TPSA) is 117 Å². The van der Waals surface area contributed by atoms with Crippen molar-refractivity contribution in [1.29, 1.82) is 0 Å². The zero-order chi connectivity index (χ0) is 32.6. The van der Waals surface area contributed by atoms with Gasteiger partial charge in [-0.3, -0.25) is 9.59 Å². The Morgan fingerprint density at radius 2 is 1.76 bits per heavy atom. The number of carboxylic acids is 1. The van der Waals surface area contributed by atoms with Crippen molar-refractivity contribution < 1.29 is 19.4 Å². The quantitative estimate of drug-likeness (QED) is 0.163. The van der Waals surface area contributed by atoms with E-state index in [1.807, 2.05) is 42.7 Å². The van der Waals surface area contributed by atoms with Crippen molar-refractivity contribution >= 4 is 34.6 Å². The Bertz CT molecular complexity index is 1430. The molecule has 45 heavy (non-hydrogen) atoms. The summed E-state index contributed by atoms with van der Waals surface area (Å²) in [4.78, 5) is 38.2. The lowest BCUT2D eigenvalue weighted by atomic mass is 9.95. The van der Waals surface area contributed by atoms with Crippen molar-refractivity contribution in [3.63, 3.8) is 0 Å². The lowest BCUT2D eigenvalue weighted by molar-refractivity contribution is -0.141. The van der Waals surface area contributed by atoms with E-state index in [0.29, 0.717) is 17.9 Å². The van der Waals surface area contributed by atoms with Crippen LogP contribution in [0, 0.1) is 0 Å². The second-order valence-corrected chi connectivity index (χ2v) is 13.9. The lowest BCUT2D eigenvalue weighted by Crippen LogP contribution is -2.52. The molecule has 9 nitrogen and oxygen atoms in total. The minimum atomic E-state index is -1.09. The summed E-state index contributed by atoms with van der Waals surface area (Å²) < 4.78 is 5.97. The molecule has 4 rings (SSSR count). The normalized spacial score (nSPS) is 14.8. The number of thiophene rings is 1. The smallest absolute Gasteiger partial charge is 0.325 e. The lowest BCUT2D eigenvalue weighted by Gasteiger charge is -2.40. The van der Waals surface area contributed by atoms with Gasteiger partial charge in [-0.2, -0.15) is 0 Å². The highest BCUT2D eigenvalue weighted by atomic mass is 32.1. The summed E-state index contributed by atoms with van der Waals surface area (Å²) in [6.07, 6.45) is 9.16. The SMILES string of the molecule is C=C(N[C@@H](Cc1ccc(-c2ncc(N3CC(OCCCCCC)C3)cn2)cc1)C(=O)N[C@H](C)C(=O)O)c1ccc(C(C)(C)C)s1. The first-order valence-electron chi connectivity index (χ1n) is 15.8. The van der Waals surface area contributed by atoms with Crippen LogP contribution in [0.4, 0.5) is 5.69 Å². The molecule has 1 aromatic carbocycles. The monoisotopic (exact) mass is 633 g/mol. The number of hydrogen-bond donors (Lipinski definition) is 3. The number of amides is 1. The molecule has 2 atom stereocenters. The highest BCUT2D eigenvalue weighted by molar-refractivity contribution is 7.13. The Labute approximate surface area is 271 Å². The second-order valence-electron chi connectivity index (χ2n) is 12.8. The first-order chi connectivity index (χ1) is 21.4. The Morgan fingerprint density at radius 3 is 2.36 bits per heavy atom. The van der Waals surface area contributed by atoms with Gasteiger partial charge in [0.15, 0.2) is 5.82 Å². The van der Waals surface area contributed by atoms with Crippen LogP contribution in [0.3, 0.4) is 0 Å². The van der Waals surface area contributed by atoms with Crippen LogP contribution in [-0.2, 0) is 26.2 Å². The van der Waals surface area contributed by atoms with E-state index < -0.39 is 24.0 Å². The Hall–Kier alpha value is -3.76. The maximum absolute atomic E-state index is 13.2. The standard InChI is InChI=1S/C35H47N5O4S/c1-7-8-9-10-17-44-28-21-40(22-28)27-19-36-32(37-20-27)26-13-11-25(12-14-26)18-29(33(41)39-24(3)34(42)43)38-23(2)30-15-16-31(45-30)35(4,5)6/h11-16,19-20,24,28-29,38H,2,7-10,17-18,21-22H2,1,3-6H3,(H,39,41)(H,42,43)/t24-,29+/m1/s1. The highest BCUT2D eigenvalue weighted by Crippen LogP contribution is 2.32. The first kappa shape index (κ1) is 34.1. The van der Waals surface area contributed by atoms with Crippen LogP contribution in [0.15, 0.2) is 55.4 Å². The molecule has 1 fully saturated rings. The number of carboxylic acid groups (broad SMARTS) is 1. The van der Waals surface area contributed by atoms with Gasteiger partial charge in [0.2, 0.25) is 5.91 Å². The molecule has 3 N–H and O–H groups in total. The number of hydrogen-bond acceptors (Lipinski definition) is 8. The van der Waals surface area contributed by atoms with Crippen LogP contribution in [0.2, 0.25) is 0 Å². The number of rotatable bonds is 16. The summed E-state index contributed by atoms with van der Waals surface area (Å²) in [5.74, 6) is -0.876. The van der Waals surface area contributed by atoms with Gasteiger partial charge >= 0.3 is 5.97 Å². The van der Waals surface area contributed by atoms with Gasteiger partial charge in [-0.15, -0.1) is 11.3 Å². The Balaban J connectivity index is 1.37. The molecule has 0 bridgehead atoms. The average molecular weight is 634 g/mol. The van der Waals surface area contributed by atoms with E-state index in [1.165, 1.54) is 31.1 Å². The molecule has 242 valence electrons. The summed E-state index contributed by atoms with van der Waals surface area (Å²) in [5, 5.41) is 15.2. The minimum absolute atomic E-state index is 0.00279. The van der Waals surface area contributed by atoms with Crippen LogP contribution < -0.4 is 15.5 Å². The Morgan fingerprint density at radius 1 is 1.07 bits per heavy atom. The first-order valence-corrected chi connectivity index (χ1v) is 16.6. The molecule has 0 saturated carbocycles. The number of anilines is 1. The third-order valence-electron chi connectivity index (χ3n) is 7.89. The van der Waals surface area contributed by atoms with Gasteiger partial charge in [0.25, 0.3) is 0 Å². The molecule has 3 aromatic rings. The predicted molar refractivity (Wildman–Crippen MR) is 181 cm³/mol. The number of unbranched alkanes of at least 4 members (excludes halogenated alkanes) is 3. The van der Waals surface area contributed by atoms with E-state index in [-0.39, 0.29) is 11.5 Å². The third-order valence-corrected chi connectivity index (χ3v) is 9.46. The summed E-state index contributed by atoms with van der Waals surface area (Å²) in [5.41, 5.74) is 3.38. The predicted octanol–water partition coefficient (Wildman–Crippen LogP) is 6.05. The van der Waals surface area contributed by atoms with E-state index >= 15 is 0 Å². The molecule has 0 unspecified atom stereocenters. The molecule has 10 heteroatoms. The number of nitrogens with one attached hydrogen (secondary N) is 2. The van der Waals surface area contributed by atoms with Crippen molar-refractivity contribution in [2.24, 2.45) is 0 Å². The maximum atomic E-state index is 13.2. The van der Waals surface area contributed by atoms with Crippen LogP contribution in [0.5, 0.6) is 0 Å². The highest BCUT2D eigenvalue weighted by Gasteiger charge is 2.28. The van der Waals surface area contributed by atoms with Gasteiger partial charge in [0, 0.05) is 47.1 Å². The molecule has 0 aliphatic carbocycles. The molecule has 0 radical (unpaired) electrons. The molecule has 0 spiro atoms. The average Bonchev–Trinajstić information content (AvgIpc) is 3.50. The molecule has 1 aliphatic rings. The molecular formula is C35H47N5O4S. The summed E-state index contributed by atoms with van der Waals surface area (Å²) in [6.45, 7) is 16.8. The molecule has 1 saturated heterocycles. The molecule has 2 aromatic heterocycles. The van der Waals surface area contributed by atoms with Gasteiger partial charge in [-0.05, 0) is 36.5 Å². The van der Waals surface area contributed by atoms with Crippen molar-refractivity contribution in [1.82, 2.24) is 20.6 Å². The number of nitrogens with zero attached hydrogens (tertiary/aromatic N) is 3. The number of aromatic nitrogens is 2. The van der Waals surface area contributed by atoms with Crippen LogP contribution in [-0.4, -0.2) is 64.8 Å². The largest absolute Gasteiger partial charge is 0.480 e. The molecule has 1 amide bonds. The van der Waals surface area contributed by atoms with Gasteiger partial charge in [0.05, 0.1) is 24.2 Å². The van der Waals surface area contributed by atoms with Crippen LogP contribution in [0.25, 0.3) is 17.1 Å². The fourth-order valence-electron chi connectivity index (χ4n) is 4.96. The molecule has 1 aliphatic heterocycles. The fourth-order valence-corrected chi connectivity index (χ4v) is 5.96. The van der Waals surface area contributed by atoms with Crippen molar-refractivity contribution in [3.8, 4) is 11.4 Å². The van der Waals surface area contributed by atoms with E-state index in [2.05, 4.69) is 65.8 Å². The summed E-state index contributed by atoms with van der Waals surface area (Å²) >= 11 is 1.63. The number of aliphatic carboxylic acids is 1. The van der Waals surface area contributed by atoms with E-state index in [0.717, 1.165) is 47.8 Å². The fraction of sp³-hybridized carbons (Fsp3) is 0.486. The second kappa shape index (κ2) is 15.5. The number of carbonyl (C=O) groups is 2. The Kier molecular flexibility index (Phi) is 11.7. The van der Waals surface area contributed by atoms with Gasteiger partial charge < -0.3 is 25.4 Å². The zero-order valence-corrected chi connectivity index (χ0v) is 28.0. The third kappa shape index (κ3) is 9.61. The van der Waals surface area contributed by atoms with Crippen molar-refractivity contribution in [2.45, 2.75) is 90.3 Å². The van der Waals surface area contributed by atoms with Crippen molar-refractivity contribution in [3.05, 3.63) is 70.7 Å². The van der Waals surface area contributed by atoms with E-state index in [1.54, 1.807) is 11.3 Å². The number of carbonyl (C=O) groups excluding carboxylic acids is 1. The molecular weight excluding hydrogens is 586 g/mol. The number of benzene rings is 1. The number of ether oxygens (including phenoxy) is 1.